The summed E-state index contributed by atoms with van der Waals surface area (Å²) in [5.41, 5.74) is 0.572. The molecule has 0 spiro atoms. The highest BCUT2D eigenvalue weighted by atomic mass is 32.2. The Bertz CT molecular complexity index is 1270. The van der Waals surface area contributed by atoms with Crippen molar-refractivity contribution in [2.45, 2.75) is 4.90 Å². The smallest absolute Gasteiger partial charge is 0.324 e. The first-order valence-electron chi connectivity index (χ1n) is 9.15. The third-order valence-corrected chi connectivity index (χ3v) is 6.56. The zero-order chi connectivity index (χ0) is 22.2. The summed E-state index contributed by atoms with van der Waals surface area (Å²) in [6.45, 7) is 0. The number of nitrogens with zero attached hydrogens (tertiary/aromatic N) is 2. The Hall–Kier alpha value is -3.98. The molecule has 0 N–H and O–H groups in total. The van der Waals surface area contributed by atoms with Gasteiger partial charge in [-0.2, -0.15) is 0 Å². The summed E-state index contributed by atoms with van der Waals surface area (Å²) >= 11 is 0. The number of hydroxylamine groups is 2. The van der Waals surface area contributed by atoms with E-state index < -0.39 is 27.8 Å². The lowest BCUT2D eigenvalue weighted by Gasteiger charge is -2.20. The molecule has 1 aliphatic heterocycles. The lowest BCUT2D eigenvalue weighted by Crippen LogP contribution is -2.32. The van der Waals surface area contributed by atoms with E-state index in [0.29, 0.717) is 10.8 Å². The quantitative estimate of drug-likeness (QED) is 0.570. The van der Waals surface area contributed by atoms with Crippen molar-refractivity contribution in [1.82, 2.24) is 5.06 Å². The standard InChI is InChI=1S/C22H16N2O6S/c1-23(16-9-3-2-4-10-16)31(28,29)17-11-7-8-15(14-17)22(27)30-24-20(25)18-12-5-6-13-19(18)21(24)26/h2-14H,1H3. The second kappa shape index (κ2) is 7.69. The summed E-state index contributed by atoms with van der Waals surface area (Å²) in [6, 6.07) is 19.7. The van der Waals surface area contributed by atoms with Gasteiger partial charge in [-0.25, -0.2) is 13.2 Å². The summed E-state index contributed by atoms with van der Waals surface area (Å²) in [6.07, 6.45) is 0. The second-order valence-electron chi connectivity index (χ2n) is 6.66. The molecule has 31 heavy (non-hydrogen) atoms. The minimum absolute atomic E-state index is 0.126. The monoisotopic (exact) mass is 436 g/mol. The highest BCUT2D eigenvalue weighted by Crippen LogP contribution is 2.25. The topological polar surface area (TPSA) is 101 Å². The number of rotatable bonds is 5. The Morgan fingerprint density at radius 3 is 2.03 bits per heavy atom. The van der Waals surface area contributed by atoms with Gasteiger partial charge in [-0.15, -0.1) is 0 Å². The summed E-state index contributed by atoms with van der Waals surface area (Å²) in [7, 11) is -2.57. The van der Waals surface area contributed by atoms with E-state index in [9.17, 15) is 22.8 Å². The van der Waals surface area contributed by atoms with Gasteiger partial charge in [0.25, 0.3) is 21.8 Å². The van der Waals surface area contributed by atoms with E-state index in [1.807, 2.05) is 0 Å². The third kappa shape index (κ3) is 3.55. The predicted molar refractivity (Wildman–Crippen MR) is 111 cm³/mol. The van der Waals surface area contributed by atoms with Gasteiger partial charge in [0.1, 0.15) is 0 Å². The number of benzene rings is 3. The van der Waals surface area contributed by atoms with Crippen molar-refractivity contribution in [3.63, 3.8) is 0 Å². The summed E-state index contributed by atoms with van der Waals surface area (Å²) in [4.78, 5) is 42.2. The lowest BCUT2D eigenvalue weighted by molar-refractivity contribution is -0.0584. The van der Waals surface area contributed by atoms with Gasteiger partial charge in [-0.1, -0.05) is 41.5 Å². The molecule has 0 radical (unpaired) electrons. The van der Waals surface area contributed by atoms with Gasteiger partial charge in [0.2, 0.25) is 0 Å². The molecule has 156 valence electrons. The zero-order valence-corrected chi connectivity index (χ0v) is 17.1. The van der Waals surface area contributed by atoms with Crippen LogP contribution in [0.25, 0.3) is 0 Å². The number of hydrogen-bond donors (Lipinski definition) is 0. The van der Waals surface area contributed by atoms with Crippen LogP contribution >= 0.6 is 0 Å². The Kier molecular flexibility index (Phi) is 5.04. The molecule has 0 aliphatic carbocycles. The van der Waals surface area contributed by atoms with Crippen molar-refractivity contribution in [1.29, 1.82) is 0 Å². The minimum Gasteiger partial charge on any atom is -0.324 e. The molecule has 4 rings (SSSR count). The van der Waals surface area contributed by atoms with Crippen LogP contribution in [0.2, 0.25) is 0 Å². The Morgan fingerprint density at radius 1 is 0.839 bits per heavy atom. The third-order valence-electron chi connectivity index (χ3n) is 4.78. The van der Waals surface area contributed by atoms with Crippen molar-refractivity contribution in [2.75, 3.05) is 11.4 Å². The van der Waals surface area contributed by atoms with E-state index in [0.717, 1.165) is 10.4 Å². The number of sulfonamides is 1. The number of para-hydroxylation sites is 1. The highest BCUT2D eigenvalue weighted by Gasteiger charge is 2.39. The van der Waals surface area contributed by atoms with Crippen molar-refractivity contribution in [3.8, 4) is 0 Å². The molecule has 9 heteroatoms. The number of amides is 2. The predicted octanol–water partition coefficient (Wildman–Crippen LogP) is 2.88. The Labute approximate surface area is 178 Å². The average Bonchev–Trinajstić information content (AvgIpc) is 3.04. The van der Waals surface area contributed by atoms with E-state index in [4.69, 9.17) is 4.84 Å². The Balaban J connectivity index is 1.58. The maximum absolute atomic E-state index is 13.0. The summed E-state index contributed by atoms with van der Waals surface area (Å²) < 4.78 is 27.0. The fourth-order valence-electron chi connectivity index (χ4n) is 3.10. The fraction of sp³-hybridized carbons (Fsp3) is 0.0455. The van der Waals surface area contributed by atoms with Gasteiger partial charge in [0, 0.05) is 7.05 Å². The van der Waals surface area contributed by atoms with Crippen molar-refractivity contribution < 1.29 is 27.6 Å². The molecule has 3 aromatic rings. The normalized spacial score (nSPS) is 13.1. The largest absolute Gasteiger partial charge is 0.363 e. The highest BCUT2D eigenvalue weighted by molar-refractivity contribution is 7.92. The van der Waals surface area contributed by atoms with Crippen LogP contribution in [-0.4, -0.2) is 38.3 Å². The van der Waals surface area contributed by atoms with E-state index >= 15 is 0 Å². The first-order valence-corrected chi connectivity index (χ1v) is 10.6. The van der Waals surface area contributed by atoms with Gasteiger partial charge in [-0.3, -0.25) is 13.9 Å². The van der Waals surface area contributed by atoms with Gasteiger partial charge in [-0.05, 0) is 42.5 Å². The van der Waals surface area contributed by atoms with Gasteiger partial charge in [0.15, 0.2) is 0 Å². The zero-order valence-electron chi connectivity index (χ0n) is 16.3. The van der Waals surface area contributed by atoms with Crippen LogP contribution < -0.4 is 4.31 Å². The van der Waals surface area contributed by atoms with Crippen LogP contribution in [0.1, 0.15) is 31.1 Å². The molecule has 1 aliphatic rings. The van der Waals surface area contributed by atoms with Crippen molar-refractivity contribution >= 4 is 33.5 Å². The maximum Gasteiger partial charge on any atom is 0.363 e. The molecule has 0 atom stereocenters. The molecule has 3 aromatic carbocycles. The van der Waals surface area contributed by atoms with Crippen LogP contribution in [0.4, 0.5) is 5.69 Å². The maximum atomic E-state index is 13.0. The molecule has 0 fully saturated rings. The van der Waals surface area contributed by atoms with Crippen molar-refractivity contribution in [2.24, 2.45) is 0 Å². The van der Waals surface area contributed by atoms with E-state index in [2.05, 4.69) is 0 Å². The van der Waals surface area contributed by atoms with Crippen LogP contribution in [0, 0.1) is 0 Å². The number of anilines is 1. The van der Waals surface area contributed by atoms with Crippen LogP contribution in [0.3, 0.4) is 0 Å². The fourth-order valence-corrected chi connectivity index (χ4v) is 4.35. The Morgan fingerprint density at radius 2 is 1.42 bits per heavy atom. The van der Waals surface area contributed by atoms with Gasteiger partial charge < -0.3 is 4.84 Å². The molecule has 0 unspecified atom stereocenters. The lowest BCUT2D eigenvalue weighted by atomic mass is 10.1. The average molecular weight is 436 g/mol. The molecule has 2 amide bonds. The number of hydrogen-bond acceptors (Lipinski definition) is 6. The molecule has 0 aromatic heterocycles. The number of imide groups is 1. The van der Waals surface area contributed by atoms with Crippen molar-refractivity contribution in [3.05, 3.63) is 95.6 Å². The second-order valence-corrected chi connectivity index (χ2v) is 8.63. The molecule has 8 nitrogen and oxygen atoms in total. The summed E-state index contributed by atoms with van der Waals surface area (Å²) in [5, 5.41) is 0.379. The summed E-state index contributed by atoms with van der Waals surface area (Å²) in [5.74, 6) is -2.56. The van der Waals surface area contributed by atoms with Gasteiger partial charge in [0.05, 0.1) is 27.3 Å². The van der Waals surface area contributed by atoms with E-state index in [1.54, 1.807) is 42.5 Å². The number of carbonyl (C=O) groups excluding carboxylic acids is 3. The molecule has 0 saturated carbocycles. The van der Waals surface area contributed by atoms with Gasteiger partial charge >= 0.3 is 5.97 Å². The molecular formula is C22H16N2O6S. The van der Waals surface area contributed by atoms with E-state index in [1.165, 1.54) is 37.4 Å². The molecular weight excluding hydrogens is 420 g/mol. The minimum atomic E-state index is -3.96. The molecule has 0 bridgehead atoms. The number of fused-ring (bicyclic) bond motifs is 1. The SMILES string of the molecule is CN(c1ccccc1)S(=O)(=O)c1cccc(C(=O)ON2C(=O)c3ccccc3C2=O)c1. The van der Waals surface area contributed by atoms with E-state index in [-0.39, 0.29) is 21.6 Å². The molecule has 1 heterocycles. The van der Waals surface area contributed by atoms with Crippen LogP contribution in [-0.2, 0) is 14.9 Å². The first-order chi connectivity index (χ1) is 14.8. The first kappa shape index (κ1) is 20.3. The number of carbonyl (C=O) groups is 3. The molecule has 0 saturated heterocycles. The van der Waals surface area contributed by atoms with Crippen LogP contribution in [0.5, 0.6) is 0 Å². The van der Waals surface area contributed by atoms with Crippen LogP contribution in [0.15, 0.2) is 83.8 Å².